The van der Waals surface area contributed by atoms with E-state index < -0.39 is 0 Å². The van der Waals surface area contributed by atoms with Crippen LogP contribution in [0.1, 0.15) is 0 Å². The molecule has 0 fully saturated rings. The maximum atomic E-state index is 11.2. The van der Waals surface area contributed by atoms with Crippen molar-refractivity contribution in [3.8, 4) is 0 Å². The van der Waals surface area contributed by atoms with Crippen LogP contribution in [0.2, 0.25) is 0 Å². The second-order valence-electron chi connectivity index (χ2n) is 2.82. The minimum Gasteiger partial charge on any atom is -0.267 e. The van der Waals surface area contributed by atoms with Gasteiger partial charge in [-0.15, -0.1) is 0 Å². The van der Waals surface area contributed by atoms with Gasteiger partial charge in [-0.25, -0.2) is 4.99 Å². The quantitative estimate of drug-likeness (QED) is 0.554. The first-order valence-electron chi connectivity index (χ1n) is 4.23. The minimum absolute atomic E-state index is 0.265. The highest BCUT2D eigenvalue weighted by Crippen LogP contribution is 1.80. The third-order valence-electron chi connectivity index (χ3n) is 1.84. The lowest BCUT2D eigenvalue weighted by atomic mass is 10.2. The number of fused-ring (bicyclic) bond motifs is 1. The Kier molecular flexibility index (Phi) is 2.32. The Hall–Kier alpha value is -2.03. The number of carbonyl (C=O) groups excluding carboxylic acids is 1. The number of carbonyl (C=O) groups is 1. The van der Waals surface area contributed by atoms with Crippen LogP contribution in [0.4, 0.5) is 0 Å². The molecule has 0 radical (unpaired) electrons. The molecule has 0 N–H and O–H groups in total. The molecule has 0 unspecified atom stereocenters. The second kappa shape index (κ2) is 3.79. The highest BCUT2D eigenvalue weighted by molar-refractivity contribution is 6.22. The molecule has 3 nitrogen and oxygen atoms in total. The van der Waals surface area contributed by atoms with Gasteiger partial charge in [0.1, 0.15) is 0 Å². The van der Waals surface area contributed by atoms with Gasteiger partial charge in [0, 0.05) is 29.9 Å². The number of aliphatic imine (C=N–C) groups is 2. The summed E-state index contributed by atoms with van der Waals surface area (Å²) in [5, 5.41) is 1.76. The van der Waals surface area contributed by atoms with E-state index in [0.717, 1.165) is 10.4 Å². The van der Waals surface area contributed by atoms with Crippen molar-refractivity contribution in [1.82, 2.24) is 0 Å². The van der Waals surface area contributed by atoms with Gasteiger partial charge < -0.3 is 0 Å². The fourth-order valence-corrected chi connectivity index (χ4v) is 1.20. The van der Waals surface area contributed by atoms with Gasteiger partial charge in [-0.1, -0.05) is 24.3 Å². The smallest absolute Gasteiger partial charge is 0.267 e. The van der Waals surface area contributed by atoms with Crippen LogP contribution < -0.4 is 10.4 Å². The van der Waals surface area contributed by atoms with Crippen LogP contribution in [0.25, 0.3) is 12.3 Å². The third-order valence-corrected chi connectivity index (χ3v) is 1.84. The number of benzene rings is 1. The first-order valence-corrected chi connectivity index (χ1v) is 4.23. The summed E-state index contributed by atoms with van der Waals surface area (Å²) in [7, 11) is 0. The highest BCUT2D eigenvalue weighted by atomic mass is 16.1. The van der Waals surface area contributed by atoms with Crippen molar-refractivity contribution in [1.29, 1.82) is 0 Å². The lowest BCUT2D eigenvalue weighted by molar-refractivity contribution is -0.112. The summed E-state index contributed by atoms with van der Waals surface area (Å²) in [4.78, 5) is 18.9. The molecule has 3 heteroatoms. The summed E-state index contributed by atoms with van der Waals surface area (Å²) >= 11 is 0. The molecule has 1 amide bonds. The molecule has 0 aliphatic carbocycles. The van der Waals surface area contributed by atoms with Gasteiger partial charge in [0.25, 0.3) is 5.91 Å². The Morgan fingerprint density at radius 1 is 1.00 bits per heavy atom. The van der Waals surface area contributed by atoms with E-state index in [9.17, 15) is 4.79 Å². The molecule has 14 heavy (non-hydrogen) atoms. The van der Waals surface area contributed by atoms with E-state index in [1.165, 1.54) is 18.5 Å². The van der Waals surface area contributed by atoms with E-state index in [4.69, 9.17) is 0 Å². The molecule has 0 aromatic heterocycles. The molecule has 2 rings (SSSR count). The van der Waals surface area contributed by atoms with E-state index in [1.54, 1.807) is 6.20 Å². The lowest BCUT2D eigenvalue weighted by Crippen LogP contribution is -2.24. The van der Waals surface area contributed by atoms with Crippen LogP contribution in [-0.2, 0) is 4.79 Å². The monoisotopic (exact) mass is 184 g/mol. The van der Waals surface area contributed by atoms with Crippen molar-refractivity contribution in [3.05, 3.63) is 34.7 Å². The van der Waals surface area contributed by atoms with Crippen LogP contribution in [0.15, 0.2) is 34.3 Å². The van der Waals surface area contributed by atoms with Gasteiger partial charge in [-0.2, -0.15) is 0 Å². The molecular formula is C11H8N2O. The molecule has 0 saturated heterocycles. The van der Waals surface area contributed by atoms with Crippen LogP contribution >= 0.6 is 0 Å². The SMILES string of the molecule is O=C1/C=c2/cccc/c2=C/N=CC=N1. The van der Waals surface area contributed by atoms with Crippen molar-refractivity contribution in [3.63, 3.8) is 0 Å². The van der Waals surface area contributed by atoms with Crippen molar-refractivity contribution in [2.75, 3.05) is 0 Å². The fraction of sp³-hybridized carbons (Fsp3) is 0. The third kappa shape index (κ3) is 1.82. The van der Waals surface area contributed by atoms with E-state index in [-0.39, 0.29) is 5.91 Å². The van der Waals surface area contributed by atoms with Crippen molar-refractivity contribution in [2.45, 2.75) is 0 Å². The van der Waals surface area contributed by atoms with Crippen molar-refractivity contribution < 1.29 is 4.79 Å². The molecule has 1 aliphatic rings. The summed E-state index contributed by atoms with van der Waals surface area (Å²) in [5.41, 5.74) is 0. The lowest BCUT2D eigenvalue weighted by Gasteiger charge is -1.86. The molecule has 0 bridgehead atoms. The molecule has 1 aliphatic heterocycles. The summed E-state index contributed by atoms with van der Waals surface area (Å²) in [6, 6.07) is 7.55. The van der Waals surface area contributed by atoms with E-state index in [1.807, 2.05) is 24.3 Å². The van der Waals surface area contributed by atoms with E-state index in [0.29, 0.717) is 0 Å². The Bertz CT molecular complexity index is 526. The summed E-state index contributed by atoms with van der Waals surface area (Å²) < 4.78 is 0. The second-order valence-corrected chi connectivity index (χ2v) is 2.82. The first-order chi connectivity index (χ1) is 6.86. The summed E-state index contributed by atoms with van der Waals surface area (Å²) in [6.45, 7) is 0. The standard InChI is InChI=1S/C11H8N2O/c14-11-7-9-3-1-2-4-10(9)8-12-5-6-13-11/h1-8H/b9-7-,10-8-,12-5?,13-6?. The predicted octanol–water partition coefficient (Wildman–Crippen LogP) is -0.113. The van der Waals surface area contributed by atoms with Crippen LogP contribution in [0.3, 0.4) is 0 Å². The van der Waals surface area contributed by atoms with Gasteiger partial charge in [0.2, 0.25) is 0 Å². The molecule has 0 spiro atoms. The zero-order valence-corrected chi connectivity index (χ0v) is 7.42. The Morgan fingerprint density at radius 2 is 1.79 bits per heavy atom. The Balaban J connectivity index is 2.76. The number of nitrogens with zero attached hydrogens (tertiary/aromatic N) is 2. The van der Waals surface area contributed by atoms with Gasteiger partial charge in [-0.3, -0.25) is 9.79 Å². The highest BCUT2D eigenvalue weighted by Gasteiger charge is 1.92. The maximum Gasteiger partial charge on any atom is 0.270 e. The summed E-state index contributed by atoms with van der Waals surface area (Å²) in [5.74, 6) is -0.265. The number of hydrogen-bond acceptors (Lipinski definition) is 2. The number of amides is 1. The average molecular weight is 184 g/mol. The van der Waals surface area contributed by atoms with Crippen LogP contribution in [0.5, 0.6) is 0 Å². The number of hydrogen-bond donors (Lipinski definition) is 0. The fourth-order valence-electron chi connectivity index (χ4n) is 1.20. The zero-order chi connectivity index (χ0) is 9.80. The molecule has 0 atom stereocenters. The maximum absolute atomic E-state index is 11.2. The topological polar surface area (TPSA) is 41.8 Å². The van der Waals surface area contributed by atoms with Gasteiger partial charge in [-0.05, 0) is 5.22 Å². The van der Waals surface area contributed by atoms with Gasteiger partial charge in [0.05, 0.1) is 0 Å². The molecule has 68 valence electrons. The number of rotatable bonds is 0. The van der Waals surface area contributed by atoms with Crippen molar-refractivity contribution in [2.24, 2.45) is 9.98 Å². The molecular weight excluding hydrogens is 176 g/mol. The summed E-state index contributed by atoms with van der Waals surface area (Å²) in [6.07, 6.45) is 6.09. The molecule has 1 aromatic rings. The minimum atomic E-state index is -0.265. The normalized spacial score (nSPS) is 19.3. The van der Waals surface area contributed by atoms with Gasteiger partial charge in [0.15, 0.2) is 0 Å². The largest absolute Gasteiger partial charge is 0.270 e. The Labute approximate surface area is 80.8 Å². The molecule has 1 aromatic carbocycles. The van der Waals surface area contributed by atoms with Crippen LogP contribution in [-0.4, -0.2) is 18.3 Å². The first kappa shape index (κ1) is 8.56. The van der Waals surface area contributed by atoms with Gasteiger partial charge >= 0.3 is 0 Å². The van der Waals surface area contributed by atoms with Crippen LogP contribution in [0, 0.1) is 0 Å². The zero-order valence-electron chi connectivity index (χ0n) is 7.42. The Morgan fingerprint density at radius 3 is 2.64 bits per heavy atom. The van der Waals surface area contributed by atoms with E-state index in [2.05, 4.69) is 9.98 Å². The molecule has 0 saturated carbocycles. The van der Waals surface area contributed by atoms with E-state index >= 15 is 0 Å². The molecule has 1 heterocycles. The predicted molar refractivity (Wildman–Crippen MR) is 56.6 cm³/mol. The van der Waals surface area contributed by atoms with Crippen molar-refractivity contribution >= 4 is 30.6 Å². The average Bonchev–Trinajstić information content (AvgIpc) is 2.27.